The Kier molecular flexibility index (Phi) is 3.42. The summed E-state index contributed by atoms with van der Waals surface area (Å²) in [4.78, 5) is 0. The minimum atomic E-state index is 0.813. The van der Waals surface area contributed by atoms with Gasteiger partial charge in [-0.3, -0.25) is 0 Å². The molecule has 0 radical (unpaired) electrons. The molecule has 3 unspecified atom stereocenters. The van der Waals surface area contributed by atoms with Gasteiger partial charge in [0.2, 0.25) is 0 Å². The highest BCUT2D eigenvalue weighted by molar-refractivity contribution is 5.20. The number of rotatable bonds is 5. The van der Waals surface area contributed by atoms with Crippen molar-refractivity contribution >= 4 is 0 Å². The molecule has 0 aliphatic heterocycles. The van der Waals surface area contributed by atoms with Gasteiger partial charge >= 0.3 is 0 Å². The molecule has 2 saturated carbocycles. The van der Waals surface area contributed by atoms with Gasteiger partial charge in [-0.15, -0.1) is 0 Å². The van der Waals surface area contributed by atoms with E-state index in [1.807, 2.05) is 13.8 Å². The minimum absolute atomic E-state index is 0.813. The summed E-state index contributed by atoms with van der Waals surface area (Å²) < 4.78 is 5.20. The number of hydrogen-bond acceptors (Lipinski definition) is 3. The molecule has 1 heterocycles. The van der Waals surface area contributed by atoms with Gasteiger partial charge in [-0.1, -0.05) is 11.6 Å². The highest BCUT2D eigenvalue weighted by atomic mass is 16.5. The summed E-state index contributed by atoms with van der Waals surface area (Å²) in [5.74, 6) is 3.01. The first kappa shape index (κ1) is 12.2. The van der Waals surface area contributed by atoms with Gasteiger partial charge in [0.25, 0.3) is 0 Å². The lowest BCUT2D eigenvalue weighted by molar-refractivity contribution is 0.351. The van der Waals surface area contributed by atoms with E-state index in [1.54, 1.807) is 0 Å². The first-order valence-electron chi connectivity index (χ1n) is 7.39. The Balaban J connectivity index is 1.41. The van der Waals surface area contributed by atoms with E-state index in [-0.39, 0.29) is 0 Å². The van der Waals surface area contributed by atoms with Crippen LogP contribution in [-0.2, 0) is 6.42 Å². The standard InChI is InChI=1S/C15H24N2O/c1-10-14(11(2)18-17-10)4-3-7-16-15-9-12-5-6-13(15)8-12/h12-13,15-16H,3-9H2,1-2H3. The molecule has 3 heteroatoms. The number of aryl methyl sites for hydroxylation is 2. The molecule has 2 aliphatic rings. The number of hydrogen-bond donors (Lipinski definition) is 1. The lowest BCUT2D eigenvalue weighted by atomic mass is 9.95. The molecule has 100 valence electrons. The van der Waals surface area contributed by atoms with E-state index in [4.69, 9.17) is 4.52 Å². The molecule has 1 N–H and O–H groups in total. The van der Waals surface area contributed by atoms with E-state index in [2.05, 4.69) is 10.5 Å². The summed E-state index contributed by atoms with van der Waals surface area (Å²) >= 11 is 0. The smallest absolute Gasteiger partial charge is 0.137 e. The van der Waals surface area contributed by atoms with Crippen LogP contribution in [0.25, 0.3) is 0 Å². The van der Waals surface area contributed by atoms with Gasteiger partial charge in [-0.05, 0) is 64.3 Å². The number of nitrogens with one attached hydrogen (secondary N) is 1. The summed E-state index contributed by atoms with van der Waals surface area (Å²) in [6.45, 7) is 5.19. The summed E-state index contributed by atoms with van der Waals surface area (Å²) in [6, 6.07) is 0.813. The van der Waals surface area contributed by atoms with Crippen LogP contribution >= 0.6 is 0 Å². The molecular formula is C15H24N2O. The van der Waals surface area contributed by atoms with Crippen LogP contribution in [0.15, 0.2) is 4.52 Å². The second kappa shape index (κ2) is 5.04. The second-order valence-corrected chi connectivity index (χ2v) is 6.14. The van der Waals surface area contributed by atoms with Crippen molar-refractivity contribution in [1.29, 1.82) is 0 Å². The van der Waals surface area contributed by atoms with Crippen molar-refractivity contribution in [3.8, 4) is 0 Å². The third kappa shape index (κ3) is 2.33. The molecule has 1 aromatic heterocycles. The molecule has 0 saturated heterocycles. The third-order valence-corrected chi connectivity index (χ3v) is 4.93. The Labute approximate surface area is 109 Å². The topological polar surface area (TPSA) is 38.1 Å². The molecule has 0 spiro atoms. The second-order valence-electron chi connectivity index (χ2n) is 6.14. The Morgan fingerprint density at radius 1 is 1.28 bits per heavy atom. The van der Waals surface area contributed by atoms with E-state index >= 15 is 0 Å². The van der Waals surface area contributed by atoms with Crippen LogP contribution in [0.5, 0.6) is 0 Å². The number of aromatic nitrogens is 1. The van der Waals surface area contributed by atoms with E-state index in [1.165, 1.54) is 37.7 Å². The molecule has 2 bridgehead atoms. The fourth-order valence-electron chi connectivity index (χ4n) is 3.91. The van der Waals surface area contributed by atoms with Gasteiger partial charge in [0.15, 0.2) is 0 Å². The molecule has 3 rings (SSSR count). The maximum Gasteiger partial charge on any atom is 0.137 e. The Hall–Kier alpha value is -0.830. The van der Waals surface area contributed by atoms with Crippen molar-refractivity contribution < 1.29 is 4.52 Å². The zero-order valence-corrected chi connectivity index (χ0v) is 11.5. The van der Waals surface area contributed by atoms with Crippen LogP contribution in [-0.4, -0.2) is 17.7 Å². The van der Waals surface area contributed by atoms with E-state index < -0.39 is 0 Å². The Morgan fingerprint density at radius 3 is 2.78 bits per heavy atom. The van der Waals surface area contributed by atoms with Crippen LogP contribution in [0.3, 0.4) is 0 Å². The van der Waals surface area contributed by atoms with Crippen molar-refractivity contribution in [3.05, 3.63) is 17.0 Å². The van der Waals surface area contributed by atoms with E-state index in [0.717, 1.165) is 42.3 Å². The predicted octanol–water partition coefficient (Wildman–Crippen LogP) is 3.00. The monoisotopic (exact) mass is 248 g/mol. The summed E-state index contributed by atoms with van der Waals surface area (Å²) in [7, 11) is 0. The zero-order chi connectivity index (χ0) is 12.5. The maximum absolute atomic E-state index is 5.20. The molecule has 0 amide bonds. The average Bonchev–Trinajstić information content (AvgIpc) is 3.04. The predicted molar refractivity (Wildman–Crippen MR) is 71.5 cm³/mol. The summed E-state index contributed by atoms with van der Waals surface area (Å²) in [6.07, 6.45) is 8.15. The largest absolute Gasteiger partial charge is 0.361 e. The van der Waals surface area contributed by atoms with Crippen molar-refractivity contribution in [2.75, 3.05) is 6.54 Å². The van der Waals surface area contributed by atoms with Crippen molar-refractivity contribution in [2.24, 2.45) is 11.8 Å². The lowest BCUT2D eigenvalue weighted by Crippen LogP contribution is -2.34. The fourth-order valence-corrected chi connectivity index (χ4v) is 3.91. The summed E-state index contributed by atoms with van der Waals surface area (Å²) in [5, 5.41) is 7.77. The minimum Gasteiger partial charge on any atom is -0.361 e. The first-order chi connectivity index (χ1) is 8.74. The van der Waals surface area contributed by atoms with Crippen molar-refractivity contribution in [2.45, 2.75) is 58.4 Å². The molecule has 3 nitrogen and oxygen atoms in total. The highest BCUT2D eigenvalue weighted by Gasteiger charge is 2.38. The molecule has 2 aliphatic carbocycles. The van der Waals surface area contributed by atoms with Crippen molar-refractivity contribution in [1.82, 2.24) is 10.5 Å². The van der Waals surface area contributed by atoms with Gasteiger partial charge < -0.3 is 9.84 Å². The molecule has 3 atom stereocenters. The van der Waals surface area contributed by atoms with Gasteiger partial charge in [0.1, 0.15) is 5.76 Å². The number of fused-ring (bicyclic) bond motifs is 2. The number of nitrogens with zero attached hydrogens (tertiary/aromatic N) is 1. The fraction of sp³-hybridized carbons (Fsp3) is 0.800. The lowest BCUT2D eigenvalue weighted by Gasteiger charge is -2.22. The molecular weight excluding hydrogens is 224 g/mol. The molecule has 0 aromatic carbocycles. The zero-order valence-electron chi connectivity index (χ0n) is 11.5. The van der Waals surface area contributed by atoms with Gasteiger partial charge in [-0.2, -0.15) is 0 Å². The van der Waals surface area contributed by atoms with Crippen LogP contribution in [0, 0.1) is 25.7 Å². The molecule has 2 fully saturated rings. The Bertz CT molecular complexity index is 393. The van der Waals surface area contributed by atoms with Gasteiger partial charge in [0, 0.05) is 11.6 Å². The highest BCUT2D eigenvalue weighted by Crippen LogP contribution is 2.44. The van der Waals surface area contributed by atoms with Crippen LogP contribution in [0.2, 0.25) is 0 Å². The average molecular weight is 248 g/mol. The Morgan fingerprint density at radius 2 is 2.17 bits per heavy atom. The molecule has 18 heavy (non-hydrogen) atoms. The molecule has 1 aromatic rings. The first-order valence-corrected chi connectivity index (χ1v) is 7.39. The van der Waals surface area contributed by atoms with Crippen molar-refractivity contribution in [3.63, 3.8) is 0 Å². The SMILES string of the molecule is Cc1noc(C)c1CCCNC1CC2CCC1C2. The summed E-state index contributed by atoms with van der Waals surface area (Å²) in [5.41, 5.74) is 2.37. The normalized spacial score (nSPS) is 30.2. The van der Waals surface area contributed by atoms with Crippen LogP contribution in [0.1, 0.15) is 49.1 Å². The van der Waals surface area contributed by atoms with Gasteiger partial charge in [0.05, 0.1) is 5.69 Å². The van der Waals surface area contributed by atoms with Crippen LogP contribution in [0.4, 0.5) is 0 Å². The third-order valence-electron chi connectivity index (χ3n) is 4.93. The van der Waals surface area contributed by atoms with E-state index in [0.29, 0.717) is 0 Å². The van der Waals surface area contributed by atoms with E-state index in [9.17, 15) is 0 Å². The maximum atomic E-state index is 5.20. The van der Waals surface area contributed by atoms with Gasteiger partial charge in [-0.25, -0.2) is 0 Å². The quantitative estimate of drug-likeness (QED) is 0.814. The van der Waals surface area contributed by atoms with Crippen LogP contribution < -0.4 is 5.32 Å².